The molecule has 292 valence electrons. The van der Waals surface area contributed by atoms with E-state index in [0.29, 0.717) is 74.3 Å². The largest absolute Gasteiger partial charge is 0.374 e. The molecule has 3 amide bonds. The third-order valence-electron chi connectivity index (χ3n) is 12.1. The molecule has 3 atom stereocenters. The van der Waals surface area contributed by atoms with Gasteiger partial charge in [-0.2, -0.15) is 0 Å². The molecule has 8 rings (SSSR count). The molecule has 2 aromatic carbocycles. The van der Waals surface area contributed by atoms with E-state index in [0.717, 1.165) is 31.2 Å². The van der Waals surface area contributed by atoms with Gasteiger partial charge in [-0.1, -0.05) is 18.2 Å². The number of nitrogens with one attached hydrogen (secondary N) is 4. The summed E-state index contributed by atoms with van der Waals surface area (Å²) in [5.41, 5.74) is 3.04. The lowest BCUT2D eigenvalue weighted by atomic mass is 9.89. The Morgan fingerprint density at radius 3 is 2.35 bits per heavy atom. The van der Waals surface area contributed by atoms with Gasteiger partial charge in [0.05, 0.1) is 18.4 Å². The Kier molecular flexibility index (Phi) is 10.9. The second-order valence-electron chi connectivity index (χ2n) is 15.9. The maximum Gasteiger partial charge on any atom is 0.249 e. The van der Waals surface area contributed by atoms with Crippen LogP contribution in [0.3, 0.4) is 0 Å². The summed E-state index contributed by atoms with van der Waals surface area (Å²) in [6, 6.07) is 11.9. The van der Waals surface area contributed by atoms with E-state index in [9.17, 15) is 18.8 Å². The van der Waals surface area contributed by atoms with Crippen LogP contribution < -0.4 is 26.2 Å². The van der Waals surface area contributed by atoms with Crippen molar-refractivity contribution in [2.24, 2.45) is 5.92 Å². The summed E-state index contributed by atoms with van der Waals surface area (Å²) in [4.78, 5) is 49.4. The third-order valence-corrected chi connectivity index (χ3v) is 12.1. The number of hydrogen-bond acceptors (Lipinski definition) is 9. The minimum atomic E-state index is -1.17. The topological polar surface area (TPSA) is 132 Å². The highest BCUT2D eigenvalue weighted by molar-refractivity contribution is 6.01. The normalized spacial score (nSPS) is 26.7. The Hall–Kier alpha value is -4.72. The number of alkyl halides is 1. The van der Waals surface area contributed by atoms with Gasteiger partial charge in [-0.3, -0.25) is 24.6 Å². The molecule has 55 heavy (non-hydrogen) atoms. The minimum absolute atomic E-state index is 0.0635. The van der Waals surface area contributed by atoms with Crippen LogP contribution in [0.15, 0.2) is 48.7 Å². The maximum atomic E-state index is 15.7. The number of halogens is 3. The quantitative estimate of drug-likeness (QED) is 0.193. The molecular formula is C41H49F3N8O3. The first-order chi connectivity index (χ1) is 26.7. The number of nitrogens with zero attached hydrogens (tertiary/aromatic N) is 4. The zero-order valence-electron chi connectivity index (χ0n) is 30.9. The fraction of sp³-hybridized carbons (Fsp3) is 0.537. The van der Waals surface area contributed by atoms with Crippen molar-refractivity contribution in [3.05, 3.63) is 65.9 Å². The monoisotopic (exact) mass is 758 g/mol. The SMILES string of the molecule is O=C1CCC(Nc2ccc(N3CCC(N4CCC(C(=O)NC5CCC(Nc6ncc(F)c(-c7cccc(C8CC8)c7)n6)CC5)CC4)C(F)C3)c(F)c2)C(=O)N1. The molecule has 3 saturated heterocycles. The van der Waals surface area contributed by atoms with Crippen molar-refractivity contribution in [1.29, 1.82) is 0 Å². The van der Waals surface area contributed by atoms with Crippen molar-refractivity contribution in [1.82, 2.24) is 25.5 Å². The van der Waals surface area contributed by atoms with Crippen molar-refractivity contribution in [3.8, 4) is 11.3 Å². The number of hydrogen-bond donors (Lipinski definition) is 4. The van der Waals surface area contributed by atoms with Gasteiger partial charge in [0.15, 0.2) is 5.82 Å². The highest BCUT2D eigenvalue weighted by Gasteiger charge is 2.38. The van der Waals surface area contributed by atoms with Crippen LogP contribution in [-0.2, 0) is 14.4 Å². The molecule has 4 heterocycles. The molecule has 3 aliphatic heterocycles. The van der Waals surface area contributed by atoms with E-state index >= 15 is 8.78 Å². The van der Waals surface area contributed by atoms with E-state index in [2.05, 4.69) is 42.2 Å². The molecule has 3 unspecified atom stereocenters. The van der Waals surface area contributed by atoms with Crippen LogP contribution in [0.1, 0.15) is 82.1 Å². The van der Waals surface area contributed by atoms with Gasteiger partial charge in [-0.05, 0) is 113 Å². The summed E-state index contributed by atoms with van der Waals surface area (Å²) in [6.45, 7) is 1.85. The molecule has 14 heteroatoms. The number of benzene rings is 2. The molecule has 5 aliphatic rings. The summed E-state index contributed by atoms with van der Waals surface area (Å²) in [5, 5.41) is 11.9. The van der Waals surface area contributed by atoms with E-state index < -0.39 is 29.8 Å². The van der Waals surface area contributed by atoms with E-state index in [1.54, 1.807) is 17.0 Å². The van der Waals surface area contributed by atoms with Crippen LogP contribution in [0.2, 0.25) is 0 Å². The first-order valence-corrected chi connectivity index (χ1v) is 19.9. The van der Waals surface area contributed by atoms with Gasteiger partial charge >= 0.3 is 0 Å². The average molecular weight is 759 g/mol. The molecule has 5 fully saturated rings. The number of likely N-dealkylation sites (tertiary alicyclic amines) is 1. The van der Waals surface area contributed by atoms with Crippen LogP contribution >= 0.6 is 0 Å². The van der Waals surface area contributed by atoms with Gasteiger partial charge in [0.1, 0.15) is 23.7 Å². The van der Waals surface area contributed by atoms with Gasteiger partial charge in [-0.15, -0.1) is 0 Å². The Morgan fingerprint density at radius 2 is 1.62 bits per heavy atom. The summed E-state index contributed by atoms with van der Waals surface area (Å²) >= 11 is 0. The standard InChI is InChI=1S/C41H49F3N8O3/c42-31-21-30(46-34-11-13-37(53)49-40(34)55)10-12-35(31)52-19-16-36(33(44)23-52)51-17-14-25(15-18-51)39(54)47-28-6-8-29(9-7-28)48-41-45-22-32(43)38(50-41)27-3-1-2-26(20-27)24-4-5-24/h1-3,10,12,20-22,24-25,28-29,33-34,36,46H,4-9,11,13-19,23H2,(H,47,54)(H,45,48,50)(H,49,53,55). The Balaban J connectivity index is 0.762. The average Bonchev–Trinajstić information content (AvgIpc) is 4.04. The number of amides is 3. The van der Waals surface area contributed by atoms with Crippen LogP contribution in [0.25, 0.3) is 11.3 Å². The van der Waals surface area contributed by atoms with Crippen molar-refractivity contribution in [2.75, 3.05) is 41.7 Å². The lowest BCUT2D eigenvalue weighted by Gasteiger charge is -2.44. The molecule has 3 aromatic rings. The molecule has 2 saturated carbocycles. The molecule has 1 aromatic heterocycles. The molecule has 0 spiro atoms. The number of imide groups is 1. The zero-order valence-corrected chi connectivity index (χ0v) is 30.9. The lowest BCUT2D eigenvalue weighted by Crippen LogP contribution is -2.55. The number of carbonyl (C=O) groups excluding carboxylic acids is 3. The number of aromatic nitrogens is 2. The number of rotatable bonds is 10. The predicted molar refractivity (Wildman–Crippen MR) is 203 cm³/mol. The highest BCUT2D eigenvalue weighted by atomic mass is 19.1. The molecule has 0 bridgehead atoms. The molecule has 0 radical (unpaired) electrons. The Bertz CT molecular complexity index is 1900. The molecule has 2 aliphatic carbocycles. The third kappa shape index (κ3) is 8.74. The van der Waals surface area contributed by atoms with Gasteiger partial charge < -0.3 is 20.9 Å². The molecular weight excluding hydrogens is 709 g/mol. The predicted octanol–water partition coefficient (Wildman–Crippen LogP) is 5.68. The first kappa shape index (κ1) is 37.2. The molecule has 11 nitrogen and oxygen atoms in total. The second-order valence-corrected chi connectivity index (χ2v) is 15.9. The second kappa shape index (κ2) is 16.2. The fourth-order valence-corrected chi connectivity index (χ4v) is 8.78. The summed E-state index contributed by atoms with van der Waals surface area (Å²) in [6.07, 6.45) is 8.15. The maximum absolute atomic E-state index is 15.7. The lowest BCUT2D eigenvalue weighted by molar-refractivity contribution is -0.133. The Labute approximate surface area is 319 Å². The number of anilines is 3. The van der Waals surface area contributed by atoms with Crippen molar-refractivity contribution in [2.45, 2.75) is 107 Å². The van der Waals surface area contributed by atoms with Crippen LogP contribution in [0.5, 0.6) is 0 Å². The smallest absolute Gasteiger partial charge is 0.249 e. The van der Waals surface area contributed by atoms with E-state index in [1.807, 2.05) is 18.2 Å². The highest BCUT2D eigenvalue weighted by Crippen LogP contribution is 2.41. The number of carbonyl (C=O) groups is 3. The summed E-state index contributed by atoms with van der Waals surface area (Å²) in [5.74, 6) is -0.759. The summed E-state index contributed by atoms with van der Waals surface area (Å²) < 4.78 is 45.6. The van der Waals surface area contributed by atoms with Gasteiger partial charge in [-0.25, -0.2) is 23.1 Å². The van der Waals surface area contributed by atoms with Gasteiger partial charge in [0, 0.05) is 48.3 Å². The van der Waals surface area contributed by atoms with Crippen LogP contribution in [0, 0.1) is 17.6 Å². The summed E-state index contributed by atoms with van der Waals surface area (Å²) in [7, 11) is 0. The zero-order chi connectivity index (χ0) is 38.1. The fourth-order valence-electron chi connectivity index (χ4n) is 8.78. The van der Waals surface area contributed by atoms with E-state index in [1.165, 1.54) is 30.7 Å². The van der Waals surface area contributed by atoms with Crippen molar-refractivity contribution < 1.29 is 27.6 Å². The van der Waals surface area contributed by atoms with Crippen LogP contribution in [-0.4, -0.2) is 89.1 Å². The first-order valence-electron chi connectivity index (χ1n) is 19.9. The van der Waals surface area contributed by atoms with E-state index in [-0.39, 0.29) is 48.8 Å². The number of piperidine rings is 3. The van der Waals surface area contributed by atoms with Crippen molar-refractivity contribution >= 4 is 35.0 Å². The van der Waals surface area contributed by atoms with E-state index in [4.69, 9.17) is 0 Å². The Morgan fingerprint density at radius 1 is 0.836 bits per heavy atom. The molecule has 4 N–H and O–H groups in total. The minimum Gasteiger partial charge on any atom is -0.374 e. The van der Waals surface area contributed by atoms with Crippen LogP contribution in [0.4, 0.5) is 30.5 Å². The van der Waals surface area contributed by atoms with Gasteiger partial charge in [0.25, 0.3) is 0 Å². The van der Waals surface area contributed by atoms with Crippen molar-refractivity contribution in [3.63, 3.8) is 0 Å². The van der Waals surface area contributed by atoms with Gasteiger partial charge in [0.2, 0.25) is 23.7 Å².